The van der Waals surface area contributed by atoms with E-state index in [1.54, 1.807) is 12.0 Å². The van der Waals surface area contributed by atoms with Crippen LogP contribution in [0.1, 0.15) is 22.7 Å². The number of hydrogen-bond donors (Lipinski definition) is 2. The maximum Gasteiger partial charge on any atom is 0.319 e. The number of rotatable bonds is 4. The summed E-state index contributed by atoms with van der Waals surface area (Å²) in [6, 6.07) is 14.8. The van der Waals surface area contributed by atoms with Crippen molar-refractivity contribution in [2.75, 3.05) is 13.7 Å². The number of amides is 3. The molecule has 0 saturated carbocycles. The quantitative estimate of drug-likeness (QED) is 0.877. The van der Waals surface area contributed by atoms with E-state index in [4.69, 9.17) is 4.74 Å². The summed E-state index contributed by atoms with van der Waals surface area (Å²) in [6.07, 6.45) is 0. The zero-order valence-corrected chi connectivity index (χ0v) is 15.3. The minimum Gasteiger partial charge on any atom is -0.497 e. The normalized spacial score (nSPS) is 18.9. The van der Waals surface area contributed by atoms with E-state index in [1.807, 2.05) is 55.5 Å². The Morgan fingerprint density at radius 3 is 2.44 bits per heavy atom. The predicted octanol–water partition coefficient (Wildman–Crippen LogP) is 2.65. The molecule has 2 N–H and O–H groups in total. The number of carbonyl (C=O) groups is 2. The molecule has 0 radical (unpaired) electrons. The van der Waals surface area contributed by atoms with Crippen molar-refractivity contribution >= 4 is 11.9 Å². The number of methoxy groups -OCH3 is 1. The van der Waals surface area contributed by atoms with Gasteiger partial charge in [-0.25, -0.2) is 4.79 Å². The zero-order chi connectivity index (χ0) is 19.0. The topological polar surface area (TPSA) is 70.7 Å². The fourth-order valence-electron chi connectivity index (χ4n) is 3.52. The van der Waals surface area contributed by atoms with E-state index in [2.05, 4.69) is 10.6 Å². The third-order valence-electron chi connectivity index (χ3n) is 4.96. The zero-order valence-electron chi connectivity index (χ0n) is 15.3. The Kier molecular flexibility index (Phi) is 4.32. The second-order valence-electron chi connectivity index (χ2n) is 6.84. The van der Waals surface area contributed by atoms with Gasteiger partial charge in [-0.1, -0.05) is 42.0 Å². The van der Waals surface area contributed by atoms with E-state index in [-0.39, 0.29) is 11.9 Å². The molecule has 6 nitrogen and oxygen atoms in total. The minimum atomic E-state index is -0.463. The minimum absolute atomic E-state index is 0.0566. The van der Waals surface area contributed by atoms with Crippen molar-refractivity contribution in [3.63, 3.8) is 0 Å². The van der Waals surface area contributed by atoms with Gasteiger partial charge in [-0.2, -0.15) is 0 Å². The molecule has 0 aromatic heterocycles. The van der Waals surface area contributed by atoms with Gasteiger partial charge in [-0.05, 0) is 30.2 Å². The van der Waals surface area contributed by atoms with Crippen LogP contribution in [0.15, 0.2) is 59.8 Å². The maximum absolute atomic E-state index is 13.1. The van der Waals surface area contributed by atoms with E-state index in [0.29, 0.717) is 24.4 Å². The summed E-state index contributed by atoms with van der Waals surface area (Å²) in [6.45, 7) is 2.95. The molecule has 0 aliphatic carbocycles. The molecule has 0 fully saturated rings. The fourth-order valence-corrected chi connectivity index (χ4v) is 3.52. The van der Waals surface area contributed by atoms with Crippen LogP contribution in [-0.2, 0) is 11.3 Å². The molecular formula is C21H21N3O3. The highest BCUT2D eigenvalue weighted by atomic mass is 16.5. The van der Waals surface area contributed by atoms with Crippen molar-refractivity contribution in [3.8, 4) is 5.75 Å². The SMILES string of the molecule is COc1ccc([C@H]2NC(=O)NC3=C2C(=O)N(Cc2ccc(C)cc2)C3)cc1. The van der Waals surface area contributed by atoms with Gasteiger partial charge < -0.3 is 20.3 Å². The number of urea groups is 1. The first-order valence-corrected chi connectivity index (χ1v) is 8.84. The van der Waals surface area contributed by atoms with Crippen molar-refractivity contribution in [3.05, 3.63) is 76.5 Å². The summed E-state index contributed by atoms with van der Waals surface area (Å²) in [7, 11) is 1.60. The molecule has 2 aromatic rings. The number of ether oxygens (including phenoxy) is 1. The summed E-state index contributed by atoms with van der Waals surface area (Å²) >= 11 is 0. The molecule has 0 saturated heterocycles. The lowest BCUT2D eigenvalue weighted by molar-refractivity contribution is -0.126. The molecule has 3 amide bonds. The first-order valence-electron chi connectivity index (χ1n) is 8.84. The predicted molar refractivity (Wildman–Crippen MR) is 101 cm³/mol. The molecule has 2 heterocycles. The number of hydrogen-bond acceptors (Lipinski definition) is 3. The lowest BCUT2D eigenvalue weighted by Crippen LogP contribution is -2.44. The van der Waals surface area contributed by atoms with Gasteiger partial charge in [0.2, 0.25) is 0 Å². The Morgan fingerprint density at radius 2 is 1.78 bits per heavy atom. The third-order valence-corrected chi connectivity index (χ3v) is 4.96. The molecule has 0 spiro atoms. The standard InChI is InChI=1S/C21H21N3O3/c1-13-3-5-14(6-4-13)11-24-12-17-18(20(24)25)19(23-21(26)22-17)15-7-9-16(27-2)10-8-15/h3-10,19H,11-12H2,1-2H3,(H2,22,23,26)/t19-/m1/s1. The number of aryl methyl sites for hydroxylation is 1. The molecule has 1 atom stereocenters. The average Bonchev–Trinajstić information content (AvgIpc) is 2.98. The molecule has 27 heavy (non-hydrogen) atoms. The molecular weight excluding hydrogens is 342 g/mol. The van der Waals surface area contributed by atoms with Crippen LogP contribution in [0.3, 0.4) is 0 Å². The van der Waals surface area contributed by atoms with E-state index in [0.717, 1.165) is 16.9 Å². The van der Waals surface area contributed by atoms with Gasteiger partial charge in [0.25, 0.3) is 5.91 Å². The molecule has 6 heteroatoms. The van der Waals surface area contributed by atoms with Crippen LogP contribution in [0.25, 0.3) is 0 Å². The highest BCUT2D eigenvalue weighted by Gasteiger charge is 2.40. The third kappa shape index (κ3) is 3.26. The second-order valence-corrected chi connectivity index (χ2v) is 6.84. The molecule has 2 aromatic carbocycles. The molecule has 4 rings (SSSR count). The Morgan fingerprint density at radius 1 is 1.07 bits per heavy atom. The van der Waals surface area contributed by atoms with E-state index in [9.17, 15) is 9.59 Å². The summed E-state index contributed by atoms with van der Waals surface area (Å²) in [5, 5.41) is 5.67. The molecule has 0 unspecified atom stereocenters. The first kappa shape index (κ1) is 17.1. The van der Waals surface area contributed by atoms with Gasteiger partial charge >= 0.3 is 6.03 Å². The molecule has 2 aliphatic heterocycles. The number of carbonyl (C=O) groups excluding carboxylic acids is 2. The molecule has 2 aliphatic rings. The lowest BCUT2D eigenvalue weighted by Gasteiger charge is -2.25. The number of benzene rings is 2. The van der Waals surface area contributed by atoms with Crippen LogP contribution >= 0.6 is 0 Å². The lowest BCUT2D eigenvalue weighted by atomic mass is 9.96. The van der Waals surface area contributed by atoms with Crippen molar-refractivity contribution < 1.29 is 14.3 Å². The van der Waals surface area contributed by atoms with Gasteiger partial charge in [-0.3, -0.25) is 4.79 Å². The molecule has 0 bridgehead atoms. The van der Waals surface area contributed by atoms with Gasteiger partial charge in [0.05, 0.1) is 31.0 Å². The maximum atomic E-state index is 13.1. The summed E-state index contributed by atoms with van der Waals surface area (Å²) in [4.78, 5) is 27.0. The van der Waals surface area contributed by atoms with Crippen LogP contribution in [-0.4, -0.2) is 30.5 Å². The monoisotopic (exact) mass is 363 g/mol. The van der Waals surface area contributed by atoms with Crippen molar-refractivity contribution in [2.24, 2.45) is 0 Å². The van der Waals surface area contributed by atoms with Crippen LogP contribution in [0.2, 0.25) is 0 Å². The van der Waals surface area contributed by atoms with Crippen molar-refractivity contribution in [2.45, 2.75) is 19.5 Å². The largest absolute Gasteiger partial charge is 0.497 e. The fraction of sp³-hybridized carbons (Fsp3) is 0.238. The summed E-state index contributed by atoms with van der Waals surface area (Å²) in [5.41, 5.74) is 4.38. The summed E-state index contributed by atoms with van der Waals surface area (Å²) in [5.74, 6) is 0.672. The van der Waals surface area contributed by atoms with Crippen LogP contribution in [0, 0.1) is 6.92 Å². The highest BCUT2D eigenvalue weighted by Crippen LogP contribution is 2.33. The highest BCUT2D eigenvalue weighted by molar-refractivity contribution is 6.01. The van der Waals surface area contributed by atoms with Gasteiger partial charge in [-0.15, -0.1) is 0 Å². The van der Waals surface area contributed by atoms with Gasteiger partial charge in [0, 0.05) is 6.54 Å². The van der Waals surface area contributed by atoms with Gasteiger partial charge in [0.1, 0.15) is 5.75 Å². The van der Waals surface area contributed by atoms with Crippen LogP contribution in [0.4, 0.5) is 4.79 Å². The first-order chi connectivity index (χ1) is 13.0. The number of nitrogens with one attached hydrogen (secondary N) is 2. The second kappa shape index (κ2) is 6.79. The van der Waals surface area contributed by atoms with E-state index >= 15 is 0 Å². The van der Waals surface area contributed by atoms with Crippen LogP contribution in [0.5, 0.6) is 5.75 Å². The Balaban J connectivity index is 1.60. The Bertz CT molecular complexity index is 917. The number of nitrogens with zero attached hydrogens (tertiary/aromatic N) is 1. The summed E-state index contributed by atoms with van der Waals surface area (Å²) < 4.78 is 5.19. The average molecular weight is 363 g/mol. The van der Waals surface area contributed by atoms with E-state index in [1.165, 1.54) is 5.56 Å². The Hall–Kier alpha value is -3.28. The molecule has 138 valence electrons. The smallest absolute Gasteiger partial charge is 0.319 e. The van der Waals surface area contributed by atoms with Crippen LogP contribution < -0.4 is 15.4 Å². The van der Waals surface area contributed by atoms with E-state index < -0.39 is 6.04 Å². The Labute approximate surface area is 157 Å². The van der Waals surface area contributed by atoms with Crippen molar-refractivity contribution in [1.82, 2.24) is 15.5 Å². The van der Waals surface area contributed by atoms with Gasteiger partial charge in [0.15, 0.2) is 0 Å². The van der Waals surface area contributed by atoms with Crippen molar-refractivity contribution in [1.29, 1.82) is 0 Å².